The second-order valence-corrected chi connectivity index (χ2v) is 5.69. The number of hydrogen-bond acceptors (Lipinski definition) is 6. The summed E-state index contributed by atoms with van der Waals surface area (Å²) in [5.74, 6) is -0.629. The lowest BCUT2D eigenvalue weighted by molar-refractivity contribution is -0.384. The van der Waals surface area contributed by atoms with Crippen molar-refractivity contribution in [3.05, 3.63) is 57.5 Å². The van der Waals surface area contributed by atoms with Crippen LogP contribution in [0.2, 0.25) is 0 Å². The molecule has 0 spiro atoms. The maximum absolute atomic E-state index is 12.2. The summed E-state index contributed by atoms with van der Waals surface area (Å²) in [6.07, 6.45) is 0.119. The van der Waals surface area contributed by atoms with Crippen molar-refractivity contribution in [1.82, 2.24) is 4.90 Å². The van der Waals surface area contributed by atoms with Gasteiger partial charge in [0.2, 0.25) is 5.91 Å². The Morgan fingerprint density at radius 3 is 2.65 bits per heavy atom. The minimum absolute atomic E-state index is 0.0550. The number of aryl methyl sites for hydroxylation is 1. The Labute approximate surface area is 149 Å². The number of benzene rings is 1. The molecule has 0 aliphatic rings. The number of carboxylic acids is 1. The van der Waals surface area contributed by atoms with E-state index in [0.29, 0.717) is 11.4 Å². The van der Waals surface area contributed by atoms with E-state index in [1.165, 1.54) is 17.0 Å². The summed E-state index contributed by atoms with van der Waals surface area (Å²) in [5.41, 5.74) is 0.361. The summed E-state index contributed by atoms with van der Waals surface area (Å²) in [5, 5.41) is 22.8. The number of carboxylic acid groups (broad SMARTS) is 1. The first kappa shape index (κ1) is 19.0. The Hall–Kier alpha value is -3.36. The lowest BCUT2D eigenvalue weighted by Crippen LogP contribution is -2.27. The molecule has 0 atom stereocenters. The smallest absolute Gasteiger partial charge is 0.339 e. The topological polar surface area (TPSA) is 126 Å². The van der Waals surface area contributed by atoms with E-state index in [1.807, 2.05) is 0 Å². The van der Waals surface area contributed by atoms with E-state index < -0.39 is 10.9 Å². The summed E-state index contributed by atoms with van der Waals surface area (Å²) >= 11 is 0. The predicted octanol–water partition coefficient (Wildman–Crippen LogP) is 2.66. The van der Waals surface area contributed by atoms with E-state index in [4.69, 9.17) is 9.52 Å². The second kappa shape index (κ2) is 8.15. The Morgan fingerprint density at radius 1 is 1.35 bits per heavy atom. The van der Waals surface area contributed by atoms with Crippen molar-refractivity contribution < 1.29 is 24.0 Å². The quantitative estimate of drug-likeness (QED) is 0.547. The number of amides is 1. The number of rotatable bonds is 8. The van der Waals surface area contributed by atoms with Crippen molar-refractivity contribution in [3.8, 4) is 0 Å². The normalized spacial score (nSPS) is 10.4. The number of nitro benzene ring substituents is 1. The van der Waals surface area contributed by atoms with Crippen LogP contribution in [-0.4, -0.2) is 40.4 Å². The maximum Gasteiger partial charge on any atom is 0.339 e. The fourth-order valence-corrected chi connectivity index (χ4v) is 2.43. The standard InChI is InChI=1S/C17H19N3O6/c1-11-13(17(22)23)9-12(26-11)10-19(2)16(21)7-8-18-14-5-3-4-6-15(14)20(24)25/h3-6,9,18H,7-8,10H2,1-2H3,(H,22,23). The molecule has 26 heavy (non-hydrogen) atoms. The molecule has 0 saturated heterocycles. The van der Waals surface area contributed by atoms with Crippen LogP contribution in [0.3, 0.4) is 0 Å². The lowest BCUT2D eigenvalue weighted by Gasteiger charge is -2.16. The van der Waals surface area contributed by atoms with Gasteiger partial charge in [-0.15, -0.1) is 0 Å². The fourth-order valence-electron chi connectivity index (χ4n) is 2.43. The molecule has 1 amide bonds. The maximum atomic E-state index is 12.2. The van der Waals surface area contributed by atoms with Gasteiger partial charge in [0.25, 0.3) is 5.69 Å². The molecule has 2 rings (SSSR count). The highest BCUT2D eigenvalue weighted by Crippen LogP contribution is 2.23. The van der Waals surface area contributed by atoms with Gasteiger partial charge in [0.05, 0.1) is 11.5 Å². The number of carbonyl (C=O) groups excluding carboxylic acids is 1. The largest absolute Gasteiger partial charge is 0.478 e. The summed E-state index contributed by atoms with van der Waals surface area (Å²) in [4.78, 5) is 35.0. The Kier molecular flexibility index (Phi) is 5.94. The number of nitrogens with zero attached hydrogens (tertiary/aromatic N) is 2. The van der Waals surface area contributed by atoms with Crippen LogP contribution in [0.5, 0.6) is 0 Å². The van der Waals surface area contributed by atoms with Gasteiger partial charge in [-0.3, -0.25) is 14.9 Å². The van der Waals surface area contributed by atoms with Crippen molar-refractivity contribution in [2.24, 2.45) is 0 Å². The molecule has 0 bridgehead atoms. The minimum atomic E-state index is -1.08. The fraction of sp³-hybridized carbons (Fsp3) is 0.294. The molecule has 1 aromatic carbocycles. The summed E-state index contributed by atoms with van der Waals surface area (Å²) in [6.45, 7) is 1.91. The van der Waals surface area contributed by atoms with E-state index in [1.54, 1.807) is 32.2 Å². The highest BCUT2D eigenvalue weighted by Gasteiger charge is 2.17. The number of furan rings is 1. The van der Waals surface area contributed by atoms with Crippen LogP contribution in [0.25, 0.3) is 0 Å². The molecule has 0 radical (unpaired) electrons. The average molecular weight is 361 g/mol. The molecule has 0 aliphatic heterocycles. The minimum Gasteiger partial charge on any atom is -0.478 e. The zero-order valence-electron chi connectivity index (χ0n) is 14.4. The van der Waals surface area contributed by atoms with Gasteiger partial charge >= 0.3 is 5.97 Å². The van der Waals surface area contributed by atoms with Gasteiger partial charge < -0.3 is 19.7 Å². The first-order chi connectivity index (χ1) is 12.3. The number of para-hydroxylation sites is 2. The van der Waals surface area contributed by atoms with E-state index in [-0.39, 0.29) is 42.4 Å². The van der Waals surface area contributed by atoms with Crippen LogP contribution in [0.1, 0.15) is 28.3 Å². The van der Waals surface area contributed by atoms with Crippen molar-refractivity contribution in [2.45, 2.75) is 19.9 Å². The van der Waals surface area contributed by atoms with Gasteiger partial charge in [0.15, 0.2) is 0 Å². The van der Waals surface area contributed by atoms with Crippen molar-refractivity contribution >= 4 is 23.3 Å². The van der Waals surface area contributed by atoms with E-state index >= 15 is 0 Å². The summed E-state index contributed by atoms with van der Waals surface area (Å²) < 4.78 is 5.35. The van der Waals surface area contributed by atoms with Crippen LogP contribution >= 0.6 is 0 Å². The Bertz CT molecular complexity index is 830. The second-order valence-electron chi connectivity index (χ2n) is 5.69. The van der Waals surface area contributed by atoms with Gasteiger partial charge in [0.1, 0.15) is 22.8 Å². The first-order valence-electron chi connectivity index (χ1n) is 7.83. The van der Waals surface area contributed by atoms with E-state index in [0.717, 1.165) is 0 Å². The monoisotopic (exact) mass is 361 g/mol. The molecule has 0 aliphatic carbocycles. The summed E-state index contributed by atoms with van der Waals surface area (Å²) in [6, 6.07) is 7.59. The Morgan fingerprint density at radius 2 is 2.04 bits per heavy atom. The third kappa shape index (κ3) is 4.59. The third-order valence-corrected chi connectivity index (χ3v) is 3.77. The molecular weight excluding hydrogens is 342 g/mol. The predicted molar refractivity (Wildman–Crippen MR) is 93.1 cm³/mol. The van der Waals surface area contributed by atoms with Crippen LogP contribution in [0.4, 0.5) is 11.4 Å². The van der Waals surface area contributed by atoms with E-state index in [9.17, 15) is 19.7 Å². The average Bonchev–Trinajstić information content (AvgIpc) is 2.95. The number of hydrogen-bond donors (Lipinski definition) is 2. The van der Waals surface area contributed by atoms with Crippen LogP contribution < -0.4 is 5.32 Å². The molecular formula is C17H19N3O6. The molecule has 9 nitrogen and oxygen atoms in total. The zero-order valence-corrected chi connectivity index (χ0v) is 14.4. The van der Waals surface area contributed by atoms with Crippen molar-refractivity contribution in [1.29, 1.82) is 0 Å². The van der Waals surface area contributed by atoms with Gasteiger partial charge in [-0.2, -0.15) is 0 Å². The van der Waals surface area contributed by atoms with Crippen LogP contribution in [0, 0.1) is 17.0 Å². The summed E-state index contributed by atoms with van der Waals surface area (Å²) in [7, 11) is 1.57. The van der Waals surface area contributed by atoms with Gasteiger partial charge in [0, 0.05) is 26.1 Å². The number of nitro groups is 1. The molecule has 0 saturated carbocycles. The highest BCUT2D eigenvalue weighted by atomic mass is 16.6. The van der Waals surface area contributed by atoms with Crippen LogP contribution in [0.15, 0.2) is 34.7 Å². The van der Waals surface area contributed by atoms with E-state index in [2.05, 4.69) is 5.32 Å². The number of anilines is 1. The molecule has 9 heteroatoms. The number of aromatic carboxylic acids is 1. The number of nitrogens with one attached hydrogen (secondary N) is 1. The molecule has 0 fully saturated rings. The molecule has 2 aromatic rings. The molecule has 1 aromatic heterocycles. The van der Waals surface area contributed by atoms with Gasteiger partial charge in [-0.05, 0) is 19.1 Å². The van der Waals surface area contributed by atoms with Crippen molar-refractivity contribution in [2.75, 3.05) is 18.9 Å². The zero-order chi connectivity index (χ0) is 19.3. The molecule has 1 heterocycles. The Balaban J connectivity index is 1.89. The van der Waals surface area contributed by atoms with Gasteiger partial charge in [-0.25, -0.2) is 4.79 Å². The third-order valence-electron chi connectivity index (χ3n) is 3.77. The molecule has 138 valence electrons. The highest BCUT2D eigenvalue weighted by molar-refractivity contribution is 5.88. The van der Waals surface area contributed by atoms with Gasteiger partial charge in [-0.1, -0.05) is 12.1 Å². The lowest BCUT2D eigenvalue weighted by atomic mass is 10.2. The molecule has 0 unspecified atom stereocenters. The molecule has 2 N–H and O–H groups in total. The SMILES string of the molecule is Cc1oc(CN(C)C(=O)CCNc2ccccc2[N+](=O)[O-])cc1C(=O)O. The number of carbonyl (C=O) groups is 2. The van der Waals surface area contributed by atoms with Crippen molar-refractivity contribution in [3.63, 3.8) is 0 Å². The van der Waals surface area contributed by atoms with Crippen LogP contribution in [-0.2, 0) is 11.3 Å². The first-order valence-corrected chi connectivity index (χ1v) is 7.83.